The molecule has 0 saturated heterocycles. The zero-order valence-electron chi connectivity index (χ0n) is 16.1. The molecule has 0 aromatic heterocycles. The number of carbonyl (C=O) groups is 1. The summed E-state index contributed by atoms with van der Waals surface area (Å²) in [6, 6.07) is 4.71. The van der Waals surface area contributed by atoms with E-state index in [9.17, 15) is 13.2 Å². The van der Waals surface area contributed by atoms with Gasteiger partial charge in [-0.15, -0.1) is 0 Å². The minimum atomic E-state index is -3.61. The SMILES string of the molecule is CCN(CC)S(=O)(=O)c1ccc(N(C)C)c(NC(=O)COCCOC)c1. The summed E-state index contributed by atoms with van der Waals surface area (Å²) in [7, 11) is 1.58. The molecule has 0 fully saturated rings. The fourth-order valence-electron chi connectivity index (χ4n) is 2.37. The Morgan fingerprint density at radius 2 is 1.81 bits per heavy atom. The second-order valence-electron chi connectivity index (χ2n) is 5.76. The number of carbonyl (C=O) groups excluding carboxylic acids is 1. The Morgan fingerprint density at radius 3 is 2.35 bits per heavy atom. The third-order valence-corrected chi connectivity index (χ3v) is 5.78. The van der Waals surface area contributed by atoms with Gasteiger partial charge in [0, 0.05) is 34.3 Å². The fraction of sp³-hybridized carbons (Fsp3) is 0.588. The van der Waals surface area contributed by atoms with E-state index >= 15 is 0 Å². The van der Waals surface area contributed by atoms with Gasteiger partial charge in [-0.1, -0.05) is 13.8 Å². The van der Waals surface area contributed by atoms with Gasteiger partial charge >= 0.3 is 0 Å². The number of nitrogens with one attached hydrogen (secondary N) is 1. The topological polar surface area (TPSA) is 88.2 Å². The first-order valence-corrected chi connectivity index (χ1v) is 9.89. The largest absolute Gasteiger partial charge is 0.382 e. The molecule has 1 aromatic rings. The molecule has 9 heteroatoms. The highest BCUT2D eigenvalue weighted by molar-refractivity contribution is 7.89. The number of hydrogen-bond donors (Lipinski definition) is 1. The van der Waals surface area contributed by atoms with Crippen LogP contribution in [0, 0.1) is 0 Å². The van der Waals surface area contributed by atoms with E-state index in [0.717, 1.165) is 0 Å². The van der Waals surface area contributed by atoms with Gasteiger partial charge in [-0.05, 0) is 18.2 Å². The lowest BCUT2D eigenvalue weighted by molar-refractivity contribution is -0.121. The number of amides is 1. The van der Waals surface area contributed by atoms with Crippen molar-refractivity contribution in [1.29, 1.82) is 0 Å². The lowest BCUT2D eigenvalue weighted by atomic mass is 10.2. The maximum atomic E-state index is 12.7. The Morgan fingerprint density at radius 1 is 1.15 bits per heavy atom. The van der Waals surface area contributed by atoms with Gasteiger partial charge in [0.05, 0.1) is 29.5 Å². The maximum Gasteiger partial charge on any atom is 0.250 e. The molecule has 148 valence electrons. The molecule has 0 aliphatic carbocycles. The highest BCUT2D eigenvalue weighted by Crippen LogP contribution is 2.29. The zero-order valence-corrected chi connectivity index (χ0v) is 16.9. The lowest BCUT2D eigenvalue weighted by Crippen LogP contribution is -2.31. The van der Waals surface area contributed by atoms with Gasteiger partial charge in [-0.25, -0.2) is 8.42 Å². The maximum absolute atomic E-state index is 12.7. The van der Waals surface area contributed by atoms with Crippen molar-refractivity contribution in [3.63, 3.8) is 0 Å². The van der Waals surface area contributed by atoms with Gasteiger partial charge in [0.2, 0.25) is 15.9 Å². The van der Waals surface area contributed by atoms with Gasteiger partial charge in [0.25, 0.3) is 0 Å². The summed E-state index contributed by atoms with van der Waals surface area (Å²) in [6.45, 7) is 4.90. The Labute approximate surface area is 156 Å². The Balaban J connectivity index is 3.07. The van der Waals surface area contributed by atoms with Gasteiger partial charge in [-0.2, -0.15) is 4.31 Å². The molecular formula is C17H29N3O5S. The first-order valence-electron chi connectivity index (χ1n) is 8.45. The number of ether oxygens (including phenoxy) is 2. The van der Waals surface area contributed by atoms with E-state index in [4.69, 9.17) is 9.47 Å². The minimum absolute atomic E-state index is 0.136. The van der Waals surface area contributed by atoms with Crippen LogP contribution in [0.1, 0.15) is 13.8 Å². The zero-order chi connectivity index (χ0) is 19.7. The third kappa shape index (κ3) is 5.94. The average Bonchev–Trinajstić information content (AvgIpc) is 2.59. The number of benzene rings is 1. The molecule has 1 amide bonds. The molecule has 1 rings (SSSR count). The molecule has 0 aliphatic heterocycles. The fourth-order valence-corrected chi connectivity index (χ4v) is 3.86. The standard InChI is InChI=1S/C17H29N3O5S/c1-6-20(7-2)26(22,23)14-8-9-16(19(3)4)15(12-14)18-17(21)13-25-11-10-24-5/h8-9,12H,6-7,10-11,13H2,1-5H3,(H,18,21). The van der Waals surface area contributed by atoms with Gasteiger partial charge in [-0.3, -0.25) is 4.79 Å². The minimum Gasteiger partial charge on any atom is -0.382 e. The molecule has 0 radical (unpaired) electrons. The van der Waals surface area contributed by atoms with Crippen molar-refractivity contribution in [1.82, 2.24) is 4.31 Å². The van der Waals surface area contributed by atoms with Crippen LogP contribution in [0.3, 0.4) is 0 Å². The van der Waals surface area contributed by atoms with Gasteiger partial charge in [0.15, 0.2) is 0 Å². The predicted octanol–water partition coefficient (Wildman–Crippen LogP) is 1.38. The third-order valence-electron chi connectivity index (χ3n) is 3.73. The second-order valence-corrected chi connectivity index (χ2v) is 7.69. The predicted molar refractivity (Wildman–Crippen MR) is 102 cm³/mol. The summed E-state index contributed by atoms with van der Waals surface area (Å²) < 4.78 is 36.9. The quantitative estimate of drug-likeness (QED) is 0.577. The van der Waals surface area contributed by atoms with Crippen molar-refractivity contribution < 1.29 is 22.7 Å². The van der Waals surface area contributed by atoms with Crippen LogP contribution in [0.2, 0.25) is 0 Å². The monoisotopic (exact) mass is 387 g/mol. The number of anilines is 2. The number of sulfonamides is 1. The highest BCUT2D eigenvalue weighted by Gasteiger charge is 2.23. The number of nitrogens with zero attached hydrogens (tertiary/aromatic N) is 2. The molecular weight excluding hydrogens is 358 g/mol. The van der Waals surface area contributed by atoms with Crippen molar-refractivity contribution >= 4 is 27.3 Å². The van der Waals surface area contributed by atoms with E-state index in [2.05, 4.69) is 5.32 Å². The number of rotatable bonds is 11. The molecule has 0 aliphatic rings. The van der Waals surface area contributed by atoms with Crippen LogP contribution in [-0.2, 0) is 24.3 Å². The Bertz CT molecular complexity index is 688. The van der Waals surface area contributed by atoms with Crippen LogP contribution in [0.5, 0.6) is 0 Å². The lowest BCUT2D eigenvalue weighted by Gasteiger charge is -2.22. The van der Waals surface area contributed by atoms with Crippen molar-refractivity contribution in [2.45, 2.75) is 18.7 Å². The van der Waals surface area contributed by atoms with E-state index in [1.54, 1.807) is 38.0 Å². The molecule has 8 nitrogen and oxygen atoms in total. The van der Waals surface area contributed by atoms with Crippen molar-refractivity contribution in [2.24, 2.45) is 0 Å². The molecule has 1 aromatic carbocycles. The highest BCUT2D eigenvalue weighted by atomic mass is 32.2. The summed E-state index contributed by atoms with van der Waals surface area (Å²) in [4.78, 5) is 14.0. The number of methoxy groups -OCH3 is 1. The van der Waals surface area contributed by atoms with Gasteiger partial charge in [0.1, 0.15) is 6.61 Å². The summed E-state index contributed by atoms with van der Waals surface area (Å²) in [5, 5.41) is 2.73. The first-order chi connectivity index (χ1) is 12.3. The summed E-state index contributed by atoms with van der Waals surface area (Å²) in [5.74, 6) is -0.360. The number of hydrogen-bond acceptors (Lipinski definition) is 6. The summed E-state index contributed by atoms with van der Waals surface area (Å²) in [5.41, 5.74) is 1.12. The molecule has 0 unspecified atom stereocenters. The average molecular weight is 388 g/mol. The smallest absolute Gasteiger partial charge is 0.250 e. The molecule has 0 spiro atoms. The summed E-state index contributed by atoms with van der Waals surface area (Å²) in [6.07, 6.45) is 0. The second kappa shape index (κ2) is 10.5. The molecule has 0 bridgehead atoms. The van der Waals surface area contributed by atoms with Crippen LogP contribution < -0.4 is 10.2 Å². The molecule has 1 N–H and O–H groups in total. The van der Waals surface area contributed by atoms with Crippen LogP contribution in [0.15, 0.2) is 23.1 Å². The molecule has 0 atom stereocenters. The van der Waals surface area contributed by atoms with Gasteiger partial charge < -0.3 is 19.7 Å². The van der Waals surface area contributed by atoms with E-state index in [1.165, 1.54) is 10.4 Å². The van der Waals surface area contributed by atoms with Crippen molar-refractivity contribution in [3.05, 3.63) is 18.2 Å². The first kappa shape index (κ1) is 22.4. The molecule has 0 heterocycles. The normalized spacial score (nSPS) is 11.6. The van der Waals surface area contributed by atoms with Crippen LogP contribution in [0.25, 0.3) is 0 Å². The van der Waals surface area contributed by atoms with E-state index in [-0.39, 0.29) is 17.4 Å². The van der Waals surface area contributed by atoms with Crippen LogP contribution in [0.4, 0.5) is 11.4 Å². The Hall–Kier alpha value is -1.68. The van der Waals surface area contributed by atoms with Crippen LogP contribution >= 0.6 is 0 Å². The van der Waals surface area contributed by atoms with Crippen molar-refractivity contribution in [2.75, 3.05) is 64.3 Å². The van der Waals surface area contributed by atoms with E-state index < -0.39 is 10.0 Å². The van der Waals surface area contributed by atoms with Crippen LogP contribution in [-0.4, -0.2) is 72.7 Å². The molecule has 0 saturated carbocycles. The summed E-state index contributed by atoms with van der Waals surface area (Å²) >= 11 is 0. The Kier molecular flexibility index (Phi) is 9.00. The van der Waals surface area contributed by atoms with E-state index in [1.807, 2.05) is 14.1 Å². The van der Waals surface area contributed by atoms with E-state index in [0.29, 0.717) is 37.7 Å². The van der Waals surface area contributed by atoms with Crippen molar-refractivity contribution in [3.8, 4) is 0 Å². The molecule has 26 heavy (non-hydrogen) atoms.